The highest BCUT2D eigenvalue weighted by molar-refractivity contribution is 6.08. The molecule has 2 N–H and O–H groups in total. The minimum Gasteiger partial charge on any atom is -0.380 e. The smallest absolute Gasteiger partial charge is 0.257 e. The molecule has 1 heterocycles. The Hall–Kier alpha value is -3.21. The van der Waals surface area contributed by atoms with E-state index in [1.807, 2.05) is 24.3 Å². The molecule has 3 aromatic rings. The first-order chi connectivity index (χ1) is 11.7. The van der Waals surface area contributed by atoms with E-state index in [4.69, 9.17) is 0 Å². The standard InChI is InChI=1S/C19H16FN3O/c20-15-7-9-16(10-8-15)23-19(24)17-5-1-2-6-18(17)22-13-14-4-3-11-21-12-14/h1-12,22H,13H2,(H,23,24). The molecule has 5 heteroatoms. The van der Waals surface area contributed by atoms with Gasteiger partial charge >= 0.3 is 0 Å². The fourth-order valence-corrected chi connectivity index (χ4v) is 2.27. The summed E-state index contributed by atoms with van der Waals surface area (Å²) in [7, 11) is 0. The van der Waals surface area contributed by atoms with Crippen molar-refractivity contribution in [3.8, 4) is 0 Å². The van der Waals surface area contributed by atoms with Crippen molar-refractivity contribution in [2.75, 3.05) is 10.6 Å². The number of aromatic nitrogens is 1. The van der Waals surface area contributed by atoms with Crippen molar-refractivity contribution in [3.05, 3.63) is 90.0 Å². The fourth-order valence-electron chi connectivity index (χ4n) is 2.27. The predicted octanol–water partition coefficient (Wildman–Crippen LogP) is 4.09. The molecule has 0 saturated heterocycles. The number of pyridine rings is 1. The summed E-state index contributed by atoms with van der Waals surface area (Å²) in [5, 5.41) is 6.01. The average Bonchev–Trinajstić information content (AvgIpc) is 2.63. The van der Waals surface area contributed by atoms with Crippen molar-refractivity contribution >= 4 is 17.3 Å². The molecule has 0 saturated carbocycles. The molecule has 0 radical (unpaired) electrons. The zero-order valence-corrected chi connectivity index (χ0v) is 12.9. The van der Waals surface area contributed by atoms with Gasteiger partial charge in [0.25, 0.3) is 5.91 Å². The highest BCUT2D eigenvalue weighted by Crippen LogP contribution is 2.18. The van der Waals surface area contributed by atoms with Gasteiger partial charge < -0.3 is 10.6 Å². The number of nitrogens with zero attached hydrogens (tertiary/aromatic N) is 1. The van der Waals surface area contributed by atoms with Gasteiger partial charge in [0.15, 0.2) is 0 Å². The number of benzene rings is 2. The zero-order valence-electron chi connectivity index (χ0n) is 12.9. The molecule has 120 valence electrons. The normalized spacial score (nSPS) is 10.2. The molecule has 0 aliphatic rings. The summed E-state index contributed by atoms with van der Waals surface area (Å²) in [5.41, 5.74) is 2.81. The van der Waals surface area contributed by atoms with Gasteiger partial charge in [-0.25, -0.2) is 4.39 Å². The molecule has 0 aliphatic heterocycles. The van der Waals surface area contributed by atoms with Gasteiger partial charge in [-0.1, -0.05) is 18.2 Å². The van der Waals surface area contributed by atoms with Crippen LogP contribution in [0.25, 0.3) is 0 Å². The van der Waals surface area contributed by atoms with E-state index in [1.165, 1.54) is 24.3 Å². The van der Waals surface area contributed by atoms with E-state index in [2.05, 4.69) is 15.6 Å². The number of anilines is 2. The van der Waals surface area contributed by atoms with Crippen molar-refractivity contribution in [2.45, 2.75) is 6.54 Å². The molecule has 0 fully saturated rings. The first kappa shape index (κ1) is 15.7. The summed E-state index contributed by atoms with van der Waals surface area (Å²) in [6.45, 7) is 0.564. The summed E-state index contributed by atoms with van der Waals surface area (Å²) in [6, 6.07) is 16.7. The highest BCUT2D eigenvalue weighted by Gasteiger charge is 2.11. The van der Waals surface area contributed by atoms with Crippen LogP contribution >= 0.6 is 0 Å². The van der Waals surface area contributed by atoms with E-state index in [9.17, 15) is 9.18 Å². The second kappa shape index (κ2) is 7.37. The van der Waals surface area contributed by atoms with Gasteiger partial charge in [-0.2, -0.15) is 0 Å². The number of hydrogen-bond donors (Lipinski definition) is 2. The number of hydrogen-bond acceptors (Lipinski definition) is 3. The molecule has 0 bridgehead atoms. The molecule has 0 spiro atoms. The molecule has 0 unspecified atom stereocenters. The van der Waals surface area contributed by atoms with Crippen LogP contribution in [0.3, 0.4) is 0 Å². The molecule has 0 atom stereocenters. The lowest BCUT2D eigenvalue weighted by Gasteiger charge is -2.12. The maximum Gasteiger partial charge on any atom is 0.257 e. The number of carbonyl (C=O) groups is 1. The number of amides is 1. The molecule has 1 aromatic heterocycles. The second-order valence-electron chi connectivity index (χ2n) is 5.22. The summed E-state index contributed by atoms with van der Waals surface area (Å²) < 4.78 is 12.9. The molecule has 3 rings (SSSR count). The van der Waals surface area contributed by atoms with Crippen LogP contribution in [0.1, 0.15) is 15.9 Å². The van der Waals surface area contributed by atoms with Gasteiger partial charge in [0.1, 0.15) is 5.82 Å². The quantitative estimate of drug-likeness (QED) is 0.744. The molecule has 1 amide bonds. The van der Waals surface area contributed by atoms with E-state index in [-0.39, 0.29) is 11.7 Å². The van der Waals surface area contributed by atoms with Gasteiger partial charge in [-0.05, 0) is 48.0 Å². The molecular weight excluding hydrogens is 305 g/mol. The van der Waals surface area contributed by atoms with Gasteiger partial charge in [0, 0.05) is 30.3 Å². The Balaban J connectivity index is 1.73. The molecule has 2 aromatic carbocycles. The van der Waals surface area contributed by atoms with Crippen LogP contribution in [0.4, 0.5) is 15.8 Å². The lowest BCUT2D eigenvalue weighted by atomic mass is 10.1. The fraction of sp³-hybridized carbons (Fsp3) is 0.0526. The molecule has 24 heavy (non-hydrogen) atoms. The van der Waals surface area contributed by atoms with Crippen molar-refractivity contribution in [3.63, 3.8) is 0 Å². The van der Waals surface area contributed by atoms with Gasteiger partial charge in [-0.15, -0.1) is 0 Å². The average molecular weight is 321 g/mol. The second-order valence-corrected chi connectivity index (χ2v) is 5.22. The van der Waals surface area contributed by atoms with Crippen LogP contribution in [0.2, 0.25) is 0 Å². The van der Waals surface area contributed by atoms with Crippen molar-refractivity contribution in [1.29, 1.82) is 0 Å². The maximum atomic E-state index is 12.9. The minimum atomic E-state index is -0.341. The van der Waals surface area contributed by atoms with Gasteiger partial charge in [0.2, 0.25) is 0 Å². The van der Waals surface area contributed by atoms with Crippen molar-refractivity contribution in [1.82, 2.24) is 4.98 Å². The largest absolute Gasteiger partial charge is 0.380 e. The van der Waals surface area contributed by atoms with E-state index in [1.54, 1.807) is 24.5 Å². The Morgan fingerprint density at radius 2 is 1.79 bits per heavy atom. The number of halogens is 1. The van der Waals surface area contributed by atoms with Crippen molar-refractivity contribution in [2.24, 2.45) is 0 Å². The topological polar surface area (TPSA) is 54.0 Å². The number of nitrogens with one attached hydrogen (secondary N) is 2. The van der Waals surface area contributed by atoms with Crippen LogP contribution in [0, 0.1) is 5.82 Å². The van der Waals surface area contributed by atoms with E-state index in [0.29, 0.717) is 17.8 Å². The Morgan fingerprint density at radius 1 is 1.00 bits per heavy atom. The Bertz CT molecular complexity index is 820. The van der Waals surface area contributed by atoms with E-state index < -0.39 is 0 Å². The van der Waals surface area contributed by atoms with Crippen LogP contribution in [-0.2, 0) is 6.54 Å². The Labute approximate surface area is 139 Å². The first-order valence-corrected chi connectivity index (χ1v) is 7.51. The minimum absolute atomic E-state index is 0.254. The molecule has 0 aliphatic carbocycles. The van der Waals surface area contributed by atoms with E-state index in [0.717, 1.165) is 11.3 Å². The van der Waals surface area contributed by atoms with Crippen LogP contribution in [-0.4, -0.2) is 10.9 Å². The molecule has 4 nitrogen and oxygen atoms in total. The van der Waals surface area contributed by atoms with Gasteiger partial charge in [0.05, 0.1) is 5.56 Å². The SMILES string of the molecule is O=C(Nc1ccc(F)cc1)c1ccccc1NCc1cccnc1. The number of carbonyl (C=O) groups excluding carboxylic acids is 1. The number of para-hydroxylation sites is 1. The third kappa shape index (κ3) is 3.95. The van der Waals surface area contributed by atoms with Crippen molar-refractivity contribution < 1.29 is 9.18 Å². The van der Waals surface area contributed by atoms with E-state index >= 15 is 0 Å². The summed E-state index contributed by atoms with van der Waals surface area (Å²) >= 11 is 0. The zero-order chi connectivity index (χ0) is 16.8. The summed E-state index contributed by atoms with van der Waals surface area (Å²) in [6.07, 6.45) is 3.49. The van der Waals surface area contributed by atoms with Crippen LogP contribution in [0.5, 0.6) is 0 Å². The monoisotopic (exact) mass is 321 g/mol. The van der Waals surface area contributed by atoms with Crippen LogP contribution in [0.15, 0.2) is 73.1 Å². The Kier molecular flexibility index (Phi) is 4.81. The highest BCUT2D eigenvalue weighted by atomic mass is 19.1. The summed E-state index contributed by atoms with van der Waals surface area (Å²) in [5.74, 6) is -0.595. The van der Waals surface area contributed by atoms with Crippen LogP contribution < -0.4 is 10.6 Å². The summed E-state index contributed by atoms with van der Waals surface area (Å²) in [4.78, 5) is 16.5. The third-order valence-corrected chi connectivity index (χ3v) is 3.48. The lowest BCUT2D eigenvalue weighted by Crippen LogP contribution is -2.14. The van der Waals surface area contributed by atoms with Gasteiger partial charge in [-0.3, -0.25) is 9.78 Å². The number of rotatable bonds is 5. The third-order valence-electron chi connectivity index (χ3n) is 3.48. The molecular formula is C19H16FN3O. The first-order valence-electron chi connectivity index (χ1n) is 7.51. The predicted molar refractivity (Wildman–Crippen MR) is 92.4 cm³/mol. The Morgan fingerprint density at radius 3 is 2.54 bits per heavy atom. The lowest BCUT2D eigenvalue weighted by molar-refractivity contribution is 0.102. The maximum absolute atomic E-state index is 12.9.